The maximum Gasteiger partial charge on any atom is 0.311 e. The van der Waals surface area contributed by atoms with E-state index in [9.17, 15) is 4.79 Å². The van der Waals surface area contributed by atoms with E-state index in [2.05, 4.69) is 70.5 Å². The van der Waals surface area contributed by atoms with Gasteiger partial charge in [0.25, 0.3) is 0 Å². The van der Waals surface area contributed by atoms with Crippen LogP contribution in [0, 0.1) is 11.3 Å². The molecule has 226 valence electrons. The molecule has 1 saturated carbocycles. The van der Waals surface area contributed by atoms with Crippen molar-refractivity contribution in [3.63, 3.8) is 0 Å². The Bertz CT molecular complexity index is 953. The van der Waals surface area contributed by atoms with Crippen LogP contribution in [0.25, 0.3) is 0 Å². The molecule has 1 aliphatic carbocycles. The number of methoxy groups -OCH3 is 1. The first-order chi connectivity index (χ1) is 18.8. The third-order valence-corrected chi connectivity index (χ3v) is 8.73. The number of ether oxygens (including phenoxy) is 2. The summed E-state index contributed by atoms with van der Waals surface area (Å²) in [6.45, 7) is 19.1. The molecule has 0 amide bonds. The van der Waals surface area contributed by atoms with Gasteiger partial charge in [-0.05, 0) is 113 Å². The molecule has 0 aliphatic heterocycles. The van der Waals surface area contributed by atoms with Gasteiger partial charge in [0.2, 0.25) is 0 Å². The van der Waals surface area contributed by atoms with Gasteiger partial charge in [0, 0.05) is 0 Å². The molecule has 0 aromatic heterocycles. The van der Waals surface area contributed by atoms with Gasteiger partial charge >= 0.3 is 5.97 Å². The van der Waals surface area contributed by atoms with Crippen molar-refractivity contribution in [2.75, 3.05) is 7.11 Å². The fourth-order valence-electron chi connectivity index (χ4n) is 4.74. The van der Waals surface area contributed by atoms with Crippen LogP contribution in [0.3, 0.4) is 0 Å². The number of phenolic OH excluding ortho intramolecular Hbond substituents is 1. The van der Waals surface area contributed by atoms with Crippen molar-refractivity contribution in [3.05, 3.63) is 59.7 Å². The van der Waals surface area contributed by atoms with E-state index < -0.39 is 0 Å². The maximum absolute atomic E-state index is 10.8. The van der Waals surface area contributed by atoms with Crippen LogP contribution in [-0.4, -0.2) is 23.8 Å². The lowest BCUT2D eigenvalue weighted by Crippen LogP contribution is -2.38. The van der Waals surface area contributed by atoms with Gasteiger partial charge in [-0.1, -0.05) is 78.1 Å². The number of carbonyl (C=O) groups excluding carboxylic acids is 1. The molecular weight excluding hydrogens is 496 g/mol. The molecular formula is C36H58O4. The zero-order chi connectivity index (χ0) is 30.3. The Morgan fingerprint density at radius 1 is 0.825 bits per heavy atom. The Kier molecular flexibility index (Phi) is 15.4. The first kappa shape index (κ1) is 35.5. The smallest absolute Gasteiger partial charge is 0.311 e. The molecule has 0 bridgehead atoms. The number of benzene rings is 2. The predicted molar refractivity (Wildman–Crippen MR) is 169 cm³/mol. The summed E-state index contributed by atoms with van der Waals surface area (Å²) in [5.41, 5.74) is 2.35. The average Bonchev–Trinajstić information content (AvgIpc) is 2.97. The number of hydrogen-bond acceptors (Lipinski definition) is 4. The van der Waals surface area contributed by atoms with Crippen LogP contribution in [0.5, 0.6) is 11.5 Å². The summed E-state index contributed by atoms with van der Waals surface area (Å²) in [5, 5.41) is 9.01. The third-order valence-electron chi connectivity index (χ3n) is 8.73. The Morgan fingerprint density at radius 3 is 1.65 bits per heavy atom. The number of rotatable bonds is 9. The van der Waals surface area contributed by atoms with Gasteiger partial charge in [-0.2, -0.15) is 0 Å². The summed E-state index contributed by atoms with van der Waals surface area (Å²) in [5.74, 6) is 3.16. The molecule has 1 fully saturated rings. The van der Waals surface area contributed by atoms with Gasteiger partial charge in [-0.25, -0.2) is 0 Å². The minimum atomic E-state index is -0.311. The van der Waals surface area contributed by atoms with Crippen molar-refractivity contribution in [1.29, 1.82) is 0 Å². The van der Waals surface area contributed by atoms with Crippen LogP contribution in [0.4, 0.5) is 0 Å². The molecule has 4 nitrogen and oxygen atoms in total. The first-order valence-electron chi connectivity index (χ1n) is 15.5. The number of hydrogen-bond donors (Lipinski definition) is 1. The van der Waals surface area contributed by atoms with Crippen molar-refractivity contribution in [3.8, 4) is 11.5 Å². The number of phenols is 1. The molecule has 3 rings (SSSR count). The molecule has 1 N–H and O–H groups in total. The third kappa shape index (κ3) is 11.9. The van der Waals surface area contributed by atoms with E-state index in [4.69, 9.17) is 9.84 Å². The van der Waals surface area contributed by atoms with Crippen LogP contribution < -0.4 is 4.74 Å². The number of aromatic hydroxyl groups is 1. The summed E-state index contributed by atoms with van der Waals surface area (Å²) < 4.78 is 10.9. The van der Waals surface area contributed by atoms with E-state index >= 15 is 0 Å². The monoisotopic (exact) mass is 554 g/mol. The molecule has 0 saturated heterocycles. The zero-order valence-electron chi connectivity index (χ0n) is 27.2. The van der Waals surface area contributed by atoms with E-state index in [0.29, 0.717) is 23.5 Å². The highest BCUT2D eigenvalue weighted by atomic mass is 16.5. The molecule has 4 heteroatoms. The second-order valence-electron chi connectivity index (χ2n) is 12.5. The lowest BCUT2D eigenvalue weighted by molar-refractivity contribution is -0.150. The first-order valence-corrected chi connectivity index (χ1v) is 15.5. The van der Waals surface area contributed by atoms with Gasteiger partial charge in [0.15, 0.2) is 0 Å². The average molecular weight is 555 g/mol. The highest BCUT2D eigenvalue weighted by Gasteiger charge is 2.32. The molecule has 1 aliphatic rings. The number of carbonyl (C=O) groups is 1. The maximum atomic E-state index is 10.8. The van der Waals surface area contributed by atoms with E-state index in [0.717, 1.165) is 18.6 Å². The molecule has 0 spiro atoms. The largest absolute Gasteiger partial charge is 0.508 e. The van der Waals surface area contributed by atoms with Gasteiger partial charge in [0.05, 0.1) is 12.5 Å². The summed E-state index contributed by atoms with van der Waals surface area (Å²) in [4.78, 5) is 10.8. The summed E-state index contributed by atoms with van der Waals surface area (Å²) >= 11 is 0. The number of esters is 1. The molecule has 2 unspecified atom stereocenters. The van der Waals surface area contributed by atoms with Crippen LogP contribution in [-0.2, 0) is 9.53 Å². The van der Waals surface area contributed by atoms with E-state index in [1.165, 1.54) is 56.8 Å². The molecule has 2 aromatic carbocycles. The summed E-state index contributed by atoms with van der Waals surface area (Å²) in [7, 11) is 1.42. The molecule has 0 heterocycles. The Morgan fingerprint density at radius 2 is 1.27 bits per heavy atom. The van der Waals surface area contributed by atoms with Gasteiger partial charge in [-0.15, -0.1) is 0 Å². The zero-order valence-corrected chi connectivity index (χ0v) is 27.2. The second-order valence-corrected chi connectivity index (χ2v) is 12.5. The van der Waals surface area contributed by atoms with Crippen LogP contribution in [0.2, 0.25) is 0 Å². The quantitative estimate of drug-likeness (QED) is 0.313. The summed E-state index contributed by atoms with van der Waals surface area (Å²) in [6.07, 6.45) is 9.92. The van der Waals surface area contributed by atoms with Crippen molar-refractivity contribution >= 4 is 5.97 Å². The van der Waals surface area contributed by atoms with Crippen LogP contribution in [0.1, 0.15) is 137 Å². The van der Waals surface area contributed by atoms with Crippen LogP contribution in [0.15, 0.2) is 48.5 Å². The molecule has 2 atom stereocenters. The Balaban J connectivity index is 0.000000337. The Labute approximate surface area is 245 Å². The normalized spacial score (nSPS) is 15.4. The molecule has 0 radical (unpaired) electrons. The topological polar surface area (TPSA) is 55.8 Å². The lowest BCUT2D eigenvalue weighted by atomic mass is 9.79. The standard InChI is InChI=1S/C19H30O.C10H14O.C7H14O2/c1-5-15(2)16-11-13-18(14-12-16)20-19(3,4)17-9-7-6-8-10-17;1-3-8(2)9-4-6-10(11)7-5-9;1-5-7(2,3)6(8)9-4/h11-15,17H,5-10H2,1-4H3;4-8,11H,3H2,1-2H3;5H2,1-4H3. The fraction of sp³-hybridized carbons (Fsp3) is 0.639. The highest BCUT2D eigenvalue weighted by molar-refractivity contribution is 5.75. The van der Waals surface area contributed by atoms with Crippen molar-refractivity contribution in [2.24, 2.45) is 11.3 Å². The van der Waals surface area contributed by atoms with Gasteiger partial charge < -0.3 is 14.6 Å². The van der Waals surface area contributed by atoms with Crippen molar-refractivity contribution < 1.29 is 19.4 Å². The predicted octanol–water partition coefficient (Wildman–Crippen LogP) is 10.4. The van der Waals surface area contributed by atoms with Crippen molar-refractivity contribution in [2.45, 2.75) is 131 Å². The SMILES string of the molecule is CCC(C)(C)C(=O)OC.CCC(C)c1ccc(O)cc1.CCC(C)c1ccc(OC(C)(C)C2CCCCC2)cc1. The minimum Gasteiger partial charge on any atom is -0.508 e. The van der Waals surface area contributed by atoms with Gasteiger partial charge in [-0.3, -0.25) is 4.79 Å². The second kappa shape index (κ2) is 17.4. The fourth-order valence-corrected chi connectivity index (χ4v) is 4.74. The summed E-state index contributed by atoms with van der Waals surface area (Å²) in [6, 6.07) is 16.2. The van der Waals surface area contributed by atoms with E-state index in [1.807, 2.05) is 32.9 Å². The lowest BCUT2D eigenvalue weighted by Gasteiger charge is -2.37. The van der Waals surface area contributed by atoms with E-state index in [-0.39, 0.29) is 17.0 Å². The minimum absolute atomic E-state index is 0.0433. The van der Waals surface area contributed by atoms with Crippen LogP contribution >= 0.6 is 0 Å². The Hall–Kier alpha value is -2.49. The molecule has 2 aromatic rings. The molecule has 40 heavy (non-hydrogen) atoms. The van der Waals surface area contributed by atoms with Gasteiger partial charge in [0.1, 0.15) is 17.1 Å². The van der Waals surface area contributed by atoms with E-state index in [1.54, 1.807) is 12.1 Å². The highest BCUT2D eigenvalue weighted by Crippen LogP contribution is 2.36. The van der Waals surface area contributed by atoms with Crippen molar-refractivity contribution in [1.82, 2.24) is 0 Å².